The molecule has 0 saturated carbocycles. The first-order valence-electron chi connectivity index (χ1n) is 4.94. The standard InChI is InChI=1S/C10H12ClN3.ClH/c11-10-2-1-8(4-13-10)14-6-7-3-9(14)5-12-7;/h1-2,4,7,9,12H,3,5-6H2;1H/t7?,9-;/m0./s1. The summed E-state index contributed by atoms with van der Waals surface area (Å²) in [6.07, 6.45) is 3.13. The number of hydrogen-bond acceptors (Lipinski definition) is 3. The van der Waals surface area contributed by atoms with E-state index in [2.05, 4.69) is 21.3 Å². The zero-order valence-corrected chi connectivity index (χ0v) is 9.76. The molecule has 5 heteroatoms. The van der Waals surface area contributed by atoms with Crippen LogP contribution in [0.4, 0.5) is 5.69 Å². The van der Waals surface area contributed by atoms with E-state index in [0.717, 1.165) is 13.1 Å². The third kappa shape index (κ3) is 1.92. The third-order valence-corrected chi connectivity index (χ3v) is 3.32. The summed E-state index contributed by atoms with van der Waals surface area (Å²) in [6.45, 7) is 2.21. The van der Waals surface area contributed by atoms with E-state index in [1.165, 1.54) is 12.1 Å². The first kappa shape index (κ1) is 11.0. The van der Waals surface area contributed by atoms with Crippen LogP contribution >= 0.6 is 24.0 Å². The van der Waals surface area contributed by atoms with Crippen molar-refractivity contribution < 1.29 is 0 Å². The van der Waals surface area contributed by atoms with E-state index in [-0.39, 0.29) is 12.4 Å². The summed E-state index contributed by atoms with van der Waals surface area (Å²) in [5.74, 6) is 0. The Morgan fingerprint density at radius 3 is 2.87 bits per heavy atom. The summed E-state index contributed by atoms with van der Waals surface area (Å²) >= 11 is 5.76. The lowest BCUT2D eigenvalue weighted by molar-refractivity contribution is 0.579. The van der Waals surface area contributed by atoms with Crippen LogP contribution in [0.15, 0.2) is 18.3 Å². The van der Waals surface area contributed by atoms with E-state index < -0.39 is 0 Å². The molecule has 15 heavy (non-hydrogen) atoms. The SMILES string of the molecule is Cl.Clc1ccc(N2CC3C[C@H]2CN3)cn1. The maximum absolute atomic E-state index is 5.76. The first-order chi connectivity index (χ1) is 6.83. The summed E-state index contributed by atoms with van der Waals surface area (Å²) in [4.78, 5) is 6.53. The van der Waals surface area contributed by atoms with Gasteiger partial charge in [0.15, 0.2) is 0 Å². The van der Waals surface area contributed by atoms with Gasteiger partial charge >= 0.3 is 0 Å². The molecule has 1 aromatic rings. The van der Waals surface area contributed by atoms with Gasteiger partial charge in [0, 0.05) is 25.2 Å². The number of pyridine rings is 1. The van der Waals surface area contributed by atoms with E-state index in [4.69, 9.17) is 11.6 Å². The molecular formula is C10H13Cl2N3. The van der Waals surface area contributed by atoms with Gasteiger partial charge in [-0.05, 0) is 18.6 Å². The van der Waals surface area contributed by atoms with Gasteiger partial charge in [0.05, 0.1) is 11.9 Å². The highest BCUT2D eigenvalue weighted by Gasteiger charge is 2.37. The van der Waals surface area contributed by atoms with Crippen molar-refractivity contribution in [2.24, 2.45) is 0 Å². The molecule has 0 aromatic carbocycles. The summed E-state index contributed by atoms with van der Waals surface area (Å²) in [5, 5.41) is 4.04. The van der Waals surface area contributed by atoms with Gasteiger partial charge in [-0.15, -0.1) is 12.4 Å². The molecule has 0 amide bonds. The lowest BCUT2D eigenvalue weighted by Gasteiger charge is -2.29. The molecule has 0 spiro atoms. The van der Waals surface area contributed by atoms with E-state index >= 15 is 0 Å². The predicted octanol–water partition coefficient (Wildman–Crippen LogP) is 1.71. The largest absolute Gasteiger partial charge is 0.364 e. The van der Waals surface area contributed by atoms with Crippen LogP contribution in [0.25, 0.3) is 0 Å². The fourth-order valence-corrected chi connectivity index (χ4v) is 2.53. The monoisotopic (exact) mass is 245 g/mol. The van der Waals surface area contributed by atoms with Crippen molar-refractivity contribution in [2.45, 2.75) is 18.5 Å². The van der Waals surface area contributed by atoms with E-state index in [1.54, 1.807) is 0 Å². The minimum atomic E-state index is 0. The molecule has 0 radical (unpaired) electrons. The predicted molar refractivity (Wildman–Crippen MR) is 64.0 cm³/mol. The number of nitrogens with one attached hydrogen (secondary N) is 1. The quantitative estimate of drug-likeness (QED) is 0.764. The Kier molecular flexibility index (Phi) is 3.05. The molecule has 3 rings (SSSR count). The Morgan fingerprint density at radius 1 is 1.47 bits per heavy atom. The van der Waals surface area contributed by atoms with Crippen LogP contribution < -0.4 is 10.2 Å². The van der Waals surface area contributed by atoms with Crippen molar-refractivity contribution in [1.29, 1.82) is 0 Å². The molecule has 2 saturated heterocycles. The van der Waals surface area contributed by atoms with Gasteiger partial charge in [-0.2, -0.15) is 0 Å². The molecule has 1 aromatic heterocycles. The molecule has 3 heterocycles. The molecule has 2 fully saturated rings. The molecule has 2 aliphatic rings. The summed E-state index contributed by atoms with van der Waals surface area (Å²) in [5.41, 5.74) is 1.20. The Morgan fingerprint density at radius 2 is 2.33 bits per heavy atom. The minimum Gasteiger partial charge on any atom is -0.364 e. The first-order valence-corrected chi connectivity index (χ1v) is 5.32. The molecule has 0 aliphatic carbocycles. The topological polar surface area (TPSA) is 28.2 Å². The average molecular weight is 246 g/mol. The minimum absolute atomic E-state index is 0. The number of halogens is 2. The van der Waals surface area contributed by atoms with Crippen molar-refractivity contribution in [3.05, 3.63) is 23.5 Å². The molecule has 2 bridgehead atoms. The van der Waals surface area contributed by atoms with Crippen LogP contribution in [0.2, 0.25) is 5.15 Å². The third-order valence-electron chi connectivity index (χ3n) is 3.10. The number of nitrogens with zero attached hydrogens (tertiary/aromatic N) is 2. The zero-order chi connectivity index (χ0) is 9.54. The van der Waals surface area contributed by atoms with Crippen molar-refractivity contribution in [3.63, 3.8) is 0 Å². The average Bonchev–Trinajstić information content (AvgIpc) is 2.80. The van der Waals surface area contributed by atoms with Crippen LogP contribution in [0.1, 0.15) is 6.42 Å². The van der Waals surface area contributed by atoms with Crippen LogP contribution in [0.3, 0.4) is 0 Å². The van der Waals surface area contributed by atoms with Crippen LogP contribution in [-0.2, 0) is 0 Å². The number of aromatic nitrogens is 1. The van der Waals surface area contributed by atoms with Crippen LogP contribution in [-0.4, -0.2) is 30.2 Å². The number of piperazine rings is 1. The Hall–Kier alpha value is -0.510. The van der Waals surface area contributed by atoms with Crippen LogP contribution in [0, 0.1) is 0 Å². The second-order valence-electron chi connectivity index (χ2n) is 3.99. The second kappa shape index (κ2) is 4.16. The van der Waals surface area contributed by atoms with Gasteiger partial charge in [-0.1, -0.05) is 11.6 Å². The molecule has 1 unspecified atom stereocenters. The van der Waals surface area contributed by atoms with Gasteiger partial charge in [0.2, 0.25) is 0 Å². The summed E-state index contributed by atoms with van der Waals surface area (Å²) in [7, 11) is 0. The molecule has 2 atom stereocenters. The lowest BCUT2D eigenvalue weighted by Crippen LogP contribution is -2.43. The van der Waals surface area contributed by atoms with Crippen molar-refractivity contribution >= 4 is 29.7 Å². The van der Waals surface area contributed by atoms with Crippen molar-refractivity contribution in [2.75, 3.05) is 18.0 Å². The van der Waals surface area contributed by atoms with Gasteiger partial charge < -0.3 is 10.2 Å². The highest BCUT2D eigenvalue weighted by Crippen LogP contribution is 2.28. The number of anilines is 1. The number of fused-ring (bicyclic) bond motifs is 2. The highest BCUT2D eigenvalue weighted by atomic mass is 35.5. The van der Waals surface area contributed by atoms with E-state index in [0.29, 0.717) is 17.2 Å². The summed E-state index contributed by atoms with van der Waals surface area (Å²) in [6, 6.07) is 5.24. The zero-order valence-electron chi connectivity index (χ0n) is 8.19. The fourth-order valence-electron chi connectivity index (χ4n) is 2.41. The Bertz CT molecular complexity index is 341. The molecular weight excluding hydrogens is 233 g/mol. The van der Waals surface area contributed by atoms with Gasteiger partial charge in [0.1, 0.15) is 5.15 Å². The molecule has 3 nitrogen and oxygen atoms in total. The van der Waals surface area contributed by atoms with Crippen molar-refractivity contribution in [3.8, 4) is 0 Å². The normalized spacial score (nSPS) is 27.9. The van der Waals surface area contributed by atoms with Gasteiger partial charge in [-0.25, -0.2) is 4.98 Å². The maximum Gasteiger partial charge on any atom is 0.129 e. The number of hydrogen-bond donors (Lipinski definition) is 1. The van der Waals surface area contributed by atoms with E-state index in [9.17, 15) is 0 Å². The molecule has 82 valence electrons. The highest BCUT2D eigenvalue weighted by molar-refractivity contribution is 6.29. The van der Waals surface area contributed by atoms with Gasteiger partial charge in [-0.3, -0.25) is 0 Å². The second-order valence-corrected chi connectivity index (χ2v) is 4.37. The summed E-state index contributed by atoms with van der Waals surface area (Å²) < 4.78 is 0. The maximum atomic E-state index is 5.76. The molecule has 1 N–H and O–H groups in total. The lowest BCUT2D eigenvalue weighted by atomic mass is 10.2. The Labute approximate surface area is 100 Å². The smallest absolute Gasteiger partial charge is 0.129 e. The van der Waals surface area contributed by atoms with Crippen molar-refractivity contribution in [1.82, 2.24) is 10.3 Å². The molecule has 2 aliphatic heterocycles. The van der Waals surface area contributed by atoms with Gasteiger partial charge in [0.25, 0.3) is 0 Å². The van der Waals surface area contributed by atoms with E-state index in [1.807, 2.05) is 12.3 Å². The fraction of sp³-hybridized carbons (Fsp3) is 0.500. The Balaban J connectivity index is 0.000000853. The number of rotatable bonds is 1. The van der Waals surface area contributed by atoms with Crippen LogP contribution in [0.5, 0.6) is 0 Å².